The summed E-state index contributed by atoms with van der Waals surface area (Å²) in [6.45, 7) is 12.5. The monoisotopic (exact) mass is 398 g/mol. The SMILES string of the molecule is CC(C)=CCC/C(C)=C/Cc1c(O)cc(O)c(C/C=C(\C)CCC=C(C)C)c1O. The predicted octanol–water partition coefficient (Wildman–Crippen LogP) is 7.27. The number of phenolic OH excluding ortho intramolecular Hbond substituents is 3. The number of phenols is 3. The Morgan fingerprint density at radius 1 is 0.655 bits per heavy atom. The van der Waals surface area contributed by atoms with E-state index in [1.165, 1.54) is 28.4 Å². The van der Waals surface area contributed by atoms with Crippen LogP contribution in [-0.4, -0.2) is 15.3 Å². The molecule has 3 N–H and O–H groups in total. The first-order valence-electron chi connectivity index (χ1n) is 10.5. The first kappa shape index (κ1) is 24.6. The van der Waals surface area contributed by atoms with Crippen molar-refractivity contribution >= 4 is 0 Å². The van der Waals surface area contributed by atoms with Crippen molar-refractivity contribution in [3.8, 4) is 17.2 Å². The van der Waals surface area contributed by atoms with Gasteiger partial charge in [-0.2, -0.15) is 0 Å². The van der Waals surface area contributed by atoms with E-state index in [0.717, 1.165) is 25.7 Å². The minimum Gasteiger partial charge on any atom is -0.507 e. The van der Waals surface area contributed by atoms with Crippen molar-refractivity contribution in [2.45, 2.75) is 80.1 Å². The topological polar surface area (TPSA) is 60.7 Å². The molecule has 0 heterocycles. The van der Waals surface area contributed by atoms with Crippen LogP contribution < -0.4 is 0 Å². The molecule has 0 saturated carbocycles. The highest BCUT2D eigenvalue weighted by Crippen LogP contribution is 2.38. The molecule has 0 bridgehead atoms. The quantitative estimate of drug-likeness (QED) is 0.363. The number of benzene rings is 1. The van der Waals surface area contributed by atoms with Crippen molar-refractivity contribution in [3.63, 3.8) is 0 Å². The molecule has 0 unspecified atom stereocenters. The Morgan fingerprint density at radius 3 is 1.38 bits per heavy atom. The van der Waals surface area contributed by atoms with Crippen LogP contribution in [0.15, 0.2) is 52.7 Å². The maximum atomic E-state index is 10.7. The Hall–Kier alpha value is -2.42. The first-order valence-corrected chi connectivity index (χ1v) is 10.5. The van der Waals surface area contributed by atoms with Gasteiger partial charge in [0.2, 0.25) is 0 Å². The van der Waals surface area contributed by atoms with Gasteiger partial charge in [0.05, 0.1) is 0 Å². The van der Waals surface area contributed by atoms with Gasteiger partial charge in [-0.05, 0) is 80.1 Å². The second-order valence-electron chi connectivity index (χ2n) is 8.37. The van der Waals surface area contributed by atoms with Crippen LogP contribution in [0.25, 0.3) is 0 Å². The predicted molar refractivity (Wildman–Crippen MR) is 124 cm³/mol. The summed E-state index contributed by atoms with van der Waals surface area (Å²) >= 11 is 0. The van der Waals surface area contributed by atoms with Gasteiger partial charge in [-0.1, -0.05) is 46.6 Å². The van der Waals surface area contributed by atoms with Crippen LogP contribution in [0, 0.1) is 0 Å². The summed E-state index contributed by atoms with van der Waals surface area (Å²) < 4.78 is 0. The van der Waals surface area contributed by atoms with E-state index in [1.807, 2.05) is 12.2 Å². The van der Waals surface area contributed by atoms with Gasteiger partial charge in [-0.15, -0.1) is 0 Å². The number of rotatable bonds is 10. The molecule has 1 aromatic carbocycles. The van der Waals surface area contributed by atoms with Crippen LogP contribution in [-0.2, 0) is 12.8 Å². The van der Waals surface area contributed by atoms with E-state index in [4.69, 9.17) is 0 Å². The molecule has 1 aromatic rings. The van der Waals surface area contributed by atoms with Gasteiger partial charge in [-0.3, -0.25) is 0 Å². The lowest BCUT2D eigenvalue weighted by atomic mass is 9.98. The summed E-state index contributed by atoms with van der Waals surface area (Å²) in [6.07, 6.45) is 13.2. The standard InChI is InChI=1S/C26H38O3/c1-18(2)9-7-11-20(5)13-15-22-24(27)17-25(28)23(26(22)29)16-14-21(6)12-8-10-19(3)4/h9-10,13-14,17,27-29H,7-8,11-12,15-16H2,1-6H3/b20-13+,21-14+. The van der Waals surface area contributed by atoms with E-state index >= 15 is 0 Å². The van der Waals surface area contributed by atoms with Crippen LogP contribution in [0.5, 0.6) is 17.2 Å². The van der Waals surface area contributed by atoms with Crippen molar-refractivity contribution in [1.82, 2.24) is 0 Å². The lowest BCUT2D eigenvalue weighted by Gasteiger charge is -2.12. The zero-order valence-corrected chi connectivity index (χ0v) is 19.0. The molecule has 160 valence electrons. The van der Waals surface area contributed by atoms with Gasteiger partial charge < -0.3 is 15.3 Å². The van der Waals surface area contributed by atoms with Gasteiger partial charge in [-0.25, -0.2) is 0 Å². The Labute approximate surface area is 176 Å². The first-order chi connectivity index (χ1) is 13.6. The minimum absolute atomic E-state index is 0.0100. The van der Waals surface area contributed by atoms with E-state index in [9.17, 15) is 15.3 Å². The Bertz CT molecular complexity index is 735. The smallest absolute Gasteiger partial charge is 0.129 e. The molecule has 0 aliphatic rings. The molecule has 0 amide bonds. The number of hydrogen-bond donors (Lipinski definition) is 3. The van der Waals surface area contributed by atoms with Crippen LogP contribution in [0.2, 0.25) is 0 Å². The van der Waals surface area contributed by atoms with Gasteiger partial charge >= 0.3 is 0 Å². The van der Waals surface area contributed by atoms with Crippen molar-refractivity contribution in [2.24, 2.45) is 0 Å². The van der Waals surface area contributed by atoms with Crippen LogP contribution in [0.3, 0.4) is 0 Å². The number of allylic oxidation sites excluding steroid dienone is 8. The summed E-state index contributed by atoms with van der Waals surface area (Å²) in [6, 6.07) is 1.34. The lowest BCUT2D eigenvalue weighted by Crippen LogP contribution is -1.93. The van der Waals surface area contributed by atoms with E-state index in [0.29, 0.717) is 24.0 Å². The normalized spacial score (nSPS) is 12.1. The lowest BCUT2D eigenvalue weighted by molar-refractivity contribution is 0.414. The summed E-state index contributed by atoms with van der Waals surface area (Å²) in [4.78, 5) is 0. The summed E-state index contributed by atoms with van der Waals surface area (Å²) in [7, 11) is 0. The minimum atomic E-state index is -0.0682. The van der Waals surface area contributed by atoms with E-state index < -0.39 is 0 Å². The van der Waals surface area contributed by atoms with Gasteiger partial charge in [0.25, 0.3) is 0 Å². The fourth-order valence-corrected chi connectivity index (χ4v) is 3.06. The molecule has 0 fully saturated rings. The molecule has 0 aromatic heterocycles. The maximum Gasteiger partial charge on any atom is 0.129 e. The molecule has 29 heavy (non-hydrogen) atoms. The van der Waals surface area contributed by atoms with Crippen molar-refractivity contribution in [3.05, 3.63) is 63.8 Å². The highest BCUT2D eigenvalue weighted by molar-refractivity contribution is 5.56. The molecule has 0 atom stereocenters. The van der Waals surface area contributed by atoms with Crippen LogP contribution >= 0.6 is 0 Å². The van der Waals surface area contributed by atoms with E-state index in [2.05, 4.69) is 53.7 Å². The largest absolute Gasteiger partial charge is 0.507 e. The molecular weight excluding hydrogens is 360 g/mol. The fraction of sp³-hybridized carbons (Fsp3) is 0.462. The second kappa shape index (κ2) is 12.2. The molecule has 0 aliphatic carbocycles. The molecule has 3 nitrogen and oxygen atoms in total. The third-order valence-corrected chi connectivity index (χ3v) is 4.96. The molecular formula is C26H38O3. The summed E-state index contributed by atoms with van der Waals surface area (Å²) in [5.41, 5.74) is 5.97. The van der Waals surface area contributed by atoms with E-state index in [1.54, 1.807) is 0 Å². The van der Waals surface area contributed by atoms with Crippen molar-refractivity contribution in [2.75, 3.05) is 0 Å². The average molecular weight is 399 g/mol. The molecule has 0 radical (unpaired) electrons. The van der Waals surface area contributed by atoms with Crippen LogP contribution in [0.4, 0.5) is 0 Å². The molecule has 3 heteroatoms. The third-order valence-electron chi connectivity index (χ3n) is 4.96. The number of hydrogen-bond acceptors (Lipinski definition) is 3. The highest BCUT2D eigenvalue weighted by Gasteiger charge is 2.16. The molecule has 0 aliphatic heterocycles. The van der Waals surface area contributed by atoms with Crippen LogP contribution in [0.1, 0.15) is 78.4 Å². The zero-order chi connectivity index (χ0) is 22.0. The molecule has 1 rings (SSSR count). The number of aromatic hydroxyl groups is 3. The Morgan fingerprint density at radius 2 is 1.03 bits per heavy atom. The van der Waals surface area contributed by atoms with Crippen molar-refractivity contribution in [1.29, 1.82) is 0 Å². The molecule has 0 saturated heterocycles. The van der Waals surface area contributed by atoms with Crippen molar-refractivity contribution < 1.29 is 15.3 Å². The average Bonchev–Trinajstić information content (AvgIpc) is 2.60. The maximum absolute atomic E-state index is 10.7. The second-order valence-corrected chi connectivity index (χ2v) is 8.37. The zero-order valence-electron chi connectivity index (χ0n) is 19.0. The third kappa shape index (κ3) is 9.08. The summed E-state index contributed by atoms with van der Waals surface area (Å²) in [5.74, 6) is -0.146. The van der Waals surface area contributed by atoms with Gasteiger partial charge in [0.1, 0.15) is 17.2 Å². The fourth-order valence-electron chi connectivity index (χ4n) is 3.06. The van der Waals surface area contributed by atoms with Gasteiger partial charge in [0, 0.05) is 17.2 Å². The Balaban J connectivity index is 2.92. The summed E-state index contributed by atoms with van der Waals surface area (Å²) in [5, 5.41) is 31.1. The van der Waals surface area contributed by atoms with E-state index in [-0.39, 0.29) is 17.2 Å². The molecule has 0 spiro atoms. The van der Waals surface area contributed by atoms with Gasteiger partial charge in [0.15, 0.2) is 0 Å². The Kier molecular flexibility index (Phi) is 10.4. The highest BCUT2D eigenvalue weighted by atomic mass is 16.3.